The van der Waals surface area contributed by atoms with Crippen LogP contribution in [0.25, 0.3) is 11.3 Å². The number of benzene rings is 1. The summed E-state index contributed by atoms with van der Waals surface area (Å²) in [6, 6.07) is 3.59. The molecule has 90 valence electrons. The minimum atomic E-state index is -0.605. The average molecular weight is 254 g/mol. The van der Waals surface area contributed by atoms with Crippen molar-refractivity contribution in [1.82, 2.24) is 4.98 Å². The Morgan fingerprint density at radius 2 is 2.00 bits per heavy atom. The molecule has 0 amide bonds. The van der Waals surface area contributed by atoms with Crippen LogP contribution in [0.4, 0.5) is 8.78 Å². The van der Waals surface area contributed by atoms with E-state index >= 15 is 0 Å². The fraction of sp³-hybridized carbons (Fsp3) is 0.250. The SMILES string of the molecule is CCC(N)c1nc(-c2c(F)cccc2F)cs1. The van der Waals surface area contributed by atoms with E-state index in [0.717, 1.165) is 6.42 Å². The highest BCUT2D eigenvalue weighted by molar-refractivity contribution is 7.10. The first-order valence-electron chi connectivity index (χ1n) is 5.29. The highest BCUT2D eigenvalue weighted by Gasteiger charge is 2.16. The second-order valence-corrected chi connectivity index (χ2v) is 4.57. The highest BCUT2D eigenvalue weighted by Crippen LogP contribution is 2.29. The van der Waals surface area contributed by atoms with Gasteiger partial charge in [0.05, 0.1) is 17.3 Å². The number of hydrogen-bond acceptors (Lipinski definition) is 3. The van der Waals surface area contributed by atoms with E-state index in [1.165, 1.54) is 29.5 Å². The quantitative estimate of drug-likeness (QED) is 0.910. The summed E-state index contributed by atoms with van der Waals surface area (Å²) in [7, 11) is 0. The third-order valence-corrected chi connectivity index (χ3v) is 3.47. The van der Waals surface area contributed by atoms with Gasteiger partial charge in [-0.2, -0.15) is 0 Å². The third-order valence-electron chi connectivity index (χ3n) is 2.50. The standard InChI is InChI=1S/C12H12F2N2S/c1-2-9(15)12-16-10(6-17-12)11-7(13)4-3-5-8(11)14/h3-6,9H,2,15H2,1H3. The summed E-state index contributed by atoms with van der Waals surface area (Å²) in [6.45, 7) is 1.94. The maximum Gasteiger partial charge on any atom is 0.135 e. The summed E-state index contributed by atoms with van der Waals surface area (Å²) < 4.78 is 27.0. The van der Waals surface area contributed by atoms with E-state index in [4.69, 9.17) is 5.73 Å². The molecule has 1 heterocycles. The molecule has 17 heavy (non-hydrogen) atoms. The van der Waals surface area contributed by atoms with Gasteiger partial charge < -0.3 is 5.73 Å². The maximum absolute atomic E-state index is 13.5. The summed E-state index contributed by atoms with van der Waals surface area (Å²) in [5.74, 6) is -1.21. The Hall–Kier alpha value is -1.33. The zero-order chi connectivity index (χ0) is 12.4. The van der Waals surface area contributed by atoms with Crippen molar-refractivity contribution in [3.63, 3.8) is 0 Å². The Kier molecular flexibility index (Phi) is 3.49. The van der Waals surface area contributed by atoms with Gasteiger partial charge in [0, 0.05) is 5.38 Å². The van der Waals surface area contributed by atoms with Crippen molar-refractivity contribution in [3.05, 3.63) is 40.2 Å². The van der Waals surface area contributed by atoms with Gasteiger partial charge in [-0.15, -0.1) is 11.3 Å². The van der Waals surface area contributed by atoms with Crippen molar-refractivity contribution in [2.45, 2.75) is 19.4 Å². The van der Waals surface area contributed by atoms with Crippen LogP contribution in [-0.2, 0) is 0 Å². The molecule has 0 aliphatic carbocycles. The van der Waals surface area contributed by atoms with Gasteiger partial charge in [0.15, 0.2) is 0 Å². The Balaban J connectivity index is 2.44. The minimum Gasteiger partial charge on any atom is -0.322 e. The van der Waals surface area contributed by atoms with Crippen LogP contribution in [0.2, 0.25) is 0 Å². The van der Waals surface area contributed by atoms with E-state index in [1.807, 2.05) is 6.92 Å². The van der Waals surface area contributed by atoms with Gasteiger partial charge in [0.2, 0.25) is 0 Å². The van der Waals surface area contributed by atoms with Crippen LogP contribution in [0.1, 0.15) is 24.4 Å². The lowest BCUT2D eigenvalue weighted by Gasteiger charge is -2.03. The molecule has 0 radical (unpaired) electrons. The van der Waals surface area contributed by atoms with Crippen LogP contribution >= 0.6 is 11.3 Å². The minimum absolute atomic E-state index is 0.0849. The van der Waals surface area contributed by atoms with Gasteiger partial charge in [-0.25, -0.2) is 13.8 Å². The van der Waals surface area contributed by atoms with Crippen LogP contribution in [0.15, 0.2) is 23.6 Å². The molecule has 5 heteroatoms. The molecule has 0 aliphatic rings. The molecule has 2 aromatic rings. The van der Waals surface area contributed by atoms with Crippen LogP contribution in [0.3, 0.4) is 0 Å². The summed E-state index contributed by atoms with van der Waals surface area (Å²) in [6.07, 6.45) is 0.743. The van der Waals surface area contributed by atoms with Crippen molar-refractivity contribution < 1.29 is 8.78 Å². The highest BCUT2D eigenvalue weighted by atomic mass is 32.1. The summed E-state index contributed by atoms with van der Waals surface area (Å²) in [4.78, 5) is 4.19. The number of halogens is 2. The Morgan fingerprint density at radius 1 is 1.35 bits per heavy atom. The van der Waals surface area contributed by atoms with E-state index in [2.05, 4.69) is 4.98 Å². The zero-order valence-electron chi connectivity index (χ0n) is 9.28. The second kappa shape index (κ2) is 4.89. The van der Waals surface area contributed by atoms with E-state index in [1.54, 1.807) is 5.38 Å². The molecule has 0 fully saturated rings. The van der Waals surface area contributed by atoms with Crippen LogP contribution < -0.4 is 5.73 Å². The molecule has 2 rings (SSSR count). The second-order valence-electron chi connectivity index (χ2n) is 3.68. The first-order chi connectivity index (χ1) is 8.13. The molecule has 1 unspecified atom stereocenters. The van der Waals surface area contributed by atoms with Gasteiger partial charge in [0.25, 0.3) is 0 Å². The van der Waals surface area contributed by atoms with Gasteiger partial charge >= 0.3 is 0 Å². The smallest absolute Gasteiger partial charge is 0.135 e. The zero-order valence-corrected chi connectivity index (χ0v) is 10.1. The van der Waals surface area contributed by atoms with Crippen LogP contribution in [-0.4, -0.2) is 4.98 Å². The third kappa shape index (κ3) is 2.35. The Bertz CT molecular complexity index is 505. The lowest BCUT2D eigenvalue weighted by molar-refractivity contribution is 0.588. The molecule has 0 aliphatic heterocycles. The number of rotatable bonds is 3. The van der Waals surface area contributed by atoms with Gasteiger partial charge in [0.1, 0.15) is 16.6 Å². The summed E-state index contributed by atoms with van der Waals surface area (Å²) in [5.41, 5.74) is 6.05. The summed E-state index contributed by atoms with van der Waals surface area (Å²) >= 11 is 1.33. The predicted octanol–water partition coefficient (Wildman–Crippen LogP) is 3.50. The number of nitrogens with zero attached hydrogens (tertiary/aromatic N) is 1. The Labute approximate surface area is 102 Å². The van der Waals surface area contributed by atoms with Gasteiger partial charge in [-0.3, -0.25) is 0 Å². The van der Waals surface area contributed by atoms with E-state index in [0.29, 0.717) is 10.7 Å². The molecule has 0 spiro atoms. The molecular weight excluding hydrogens is 242 g/mol. The topological polar surface area (TPSA) is 38.9 Å². The van der Waals surface area contributed by atoms with E-state index < -0.39 is 11.6 Å². The van der Waals surface area contributed by atoms with Crippen molar-refractivity contribution in [1.29, 1.82) is 0 Å². The molecule has 1 atom stereocenters. The monoisotopic (exact) mass is 254 g/mol. The molecular formula is C12H12F2N2S. The average Bonchev–Trinajstić information content (AvgIpc) is 2.77. The lowest BCUT2D eigenvalue weighted by Crippen LogP contribution is -2.07. The van der Waals surface area contributed by atoms with E-state index in [-0.39, 0.29) is 11.6 Å². The number of nitrogens with two attached hydrogens (primary N) is 1. The molecule has 1 aromatic heterocycles. The number of aromatic nitrogens is 1. The first kappa shape index (κ1) is 12.1. The number of hydrogen-bond donors (Lipinski definition) is 1. The molecule has 0 saturated heterocycles. The fourth-order valence-electron chi connectivity index (χ4n) is 1.49. The van der Waals surface area contributed by atoms with Crippen molar-refractivity contribution >= 4 is 11.3 Å². The van der Waals surface area contributed by atoms with Gasteiger partial charge in [-0.1, -0.05) is 13.0 Å². The maximum atomic E-state index is 13.5. The van der Waals surface area contributed by atoms with Crippen LogP contribution in [0.5, 0.6) is 0 Å². The van der Waals surface area contributed by atoms with Crippen molar-refractivity contribution in [2.75, 3.05) is 0 Å². The van der Waals surface area contributed by atoms with Crippen LogP contribution in [0, 0.1) is 11.6 Å². The van der Waals surface area contributed by atoms with E-state index in [9.17, 15) is 8.78 Å². The predicted molar refractivity (Wildman–Crippen MR) is 64.7 cm³/mol. The molecule has 0 saturated carbocycles. The van der Waals surface area contributed by atoms with Crippen molar-refractivity contribution in [3.8, 4) is 11.3 Å². The van der Waals surface area contributed by atoms with Gasteiger partial charge in [-0.05, 0) is 18.6 Å². The number of thiazole rings is 1. The molecule has 0 bridgehead atoms. The largest absolute Gasteiger partial charge is 0.322 e. The first-order valence-corrected chi connectivity index (χ1v) is 6.16. The molecule has 1 aromatic carbocycles. The Morgan fingerprint density at radius 3 is 2.59 bits per heavy atom. The van der Waals surface area contributed by atoms with Crippen molar-refractivity contribution in [2.24, 2.45) is 5.73 Å². The molecule has 2 nitrogen and oxygen atoms in total. The lowest BCUT2D eigenvalue weighted by atomic mass is 10.1. The normalized spacial score (nSPS) is 12.7. The summed E-state index contributed by atoms with van der Waals surface area (Å²) in [5, 5.41) is 2.33. The fourth-order valence-corrected chi connectivity index (χ4v) is 2.39. The molecule has 2 N–H and O–H groups in total.